The van der Waals surface area contributed by atoms with E-state index in [2.05, 4.69) is 15.3 Å². The first-order valence-corrected chi connectivity index (χ1v) is 14.0. The number of likely N-dealkylation sites (tertiary alicyclic amines) is 1. The Bertz CT molecular complexity index is 1590. The minimum Gasteiger partial charge on any atom is -0.485 e. The summed E-state index contributed by atoms with van der Waals surface area (Å²) in [5, 5.41) is 4.74. The lowest BCUT2D eigenvalue weighted by molar-refractivity contribution is 0.0502. The number of hydrogen-bond acceptors (Lipinski definition) is 6. The third kappa shape index (κ3) is 6.69. The molecule has 2 amide bonds. The quantitative estimate of drug-likeness (QED) is 0.236. The number of H-pyrrole nitrogens is 1. The molecule has 2 aromatic carbocycles. The summed E-state index contributed by atoms with van der Waals surface area (Å²) >= 11 is 12.5. The summed E-state index contributed by atoms with van der Waals surface area (Å²) in [5.74, 6) is 0.531. The molecular formula is C30H31Cl2N5O4. The molecule has 0 saturated carbocycles. The van der Waals surface area contributed by atoms with Crippen molar-refractivity contribution in [1.29, 1.82) is 0 Å². The average molecular weight is 597 g/mol. The molecule has 11 heteroatoms. The number of ether oxygens (including phenoxy) is 2. The van der Waals surface area contributed by atoms with E-state index < -0.39 is 11.7 Å². The lowest BCUT2D eigenvalue weighted by atomic mass is 10.1. The summed E-state index contributed by atoms with van der Waals surface area (Å²) in [7, 11) is 0. The van der Waals surface area contributed by atoms with Gasteiger partial charge < -0.3 is 30.4 Å². The Hall–Kier alpha value is -3.95. The summed E-state index contributed by atoms with van der Waals surface area (Å²) in [5.41, 5.74) is 9.14. The van der Waals surface area contributed by atoms with E-state index in [0.29, 0.717) is 46.6 Å². The number of hydrogen-bond donors (Lipinski definition) is 3. The van der Waals surface area contributed by atoms with Gasteiger partial charge in [-0.2, -0.15) is 0 Å². The van der Waals surface area contributed by atoms with Gasteiger partial charge in [-0.05, 0) is 69.2 Å². The molecule has 0 bridgehead atoms. The Labute approximate surface area is 247 Å². The van der Waals surface area contributed by atoms with Gasteiger partial charge in [0.25, 0.3) is 5.91 Å². The van der Waals surface area contributed by atoms with E-state index in [1.807, 2.05) is 51.1 Å². The zero-order valence-corrected chi connectivity index (χ0v) is 24.5. The number of nitrogens with zero attached hydrogens (tertiary/aromatic N) is 2. The molecule has 0 aliphatic carbocycles. The number of amides is 2. The van der Waals surface area contributed by atoms with E-state index in [9.17, 15) is 9.59 Å². The predicted octanol–water partition coefficient (Wildman–Crippen LogP) is 6.44. The molecule has 2 aromatic heterocycles. The SMILES string of the molecule is CC(C)(C)OC(=O)N[C@H]1CCN(C(=O)c2cc3cc(-c4cnc(N)c(OCc5c(Cl)cccc5Cl)c4)ccc3[nH]2)C1. The van der Waals surface area contributed by atoms with Crippen LogP contribution in [0.5, 0.6) is 5.75 Å². The Morgan fingerprint density at radius 1 is 1.12 bits per heavy atom. The van der Waals surface area contributed by atoms with Crippen molar-refractivity contribution in [2.24, 2.45) is 0 Å². The van der Waals surface area contributed by atoms with Crippen LogP contribution in [0.1, 0.15) is 43.2 Å². The molecule has 214 valence electrons. The highest BCUT2D eigenvalue weighted by Gasteiger charge is 2.30. The number of fused-ring (bicyclic) bond motifs is 1. The lowest BCUT2D eigenvalue weighted by Crippen LogP contribution is -2.41. The van der Waals surface area contributed by atoms with Gasteiger partial charge in [-0.1, -0.05) is 35.3 Å². The number of aromatic amines is 1. The number of nitrogen functional groups attached to an aromatic ring is 1. The van der Waals surface area contributed by atoms with Crippen LogP contribution in [-0.2, 0) is 11.3 Å². The van der Waals surface area contributed by atoms with Crippen molar-refractivity contribution in [3.63, 3.8) is 0 Å². The first-order chi connectivity index (χ1) is 19.5. The molecule has 1 fully saturated rings. The molecule has 0 spiro atoms. The summed E-state index contributed by atoms with van der Waals surface area (Å²) in [6.45, 7) is 6.53. The van der Waals surface area contributed by atoms with Crippen LogP contribution in [0.3, 0.4) is 0 Å². The van der Waals surface area contributed by atoms with Gasteiger partial charge in [0.2, 0.25) is 0 Å². The number of carbonyl (C=O) groups excluding carboxylic acids is 2. The summed E-state index contributed by atoms with van der Waals surface area (Å²) in [6.07, 6.45) is 1.85. The van der Waals surface area contributed by atoms with E-state index in [-0.39, 0.29) is 24.4 Å². The van der Waals surface area contributed by atoms with Crippen LogP contribution in [0.25, 0.3) is 22.0 Å². The number of anilines is 1. The van der Waals surface area contributed by atoms with Gasteiger partial charge in [-0.25, -0.2) is 9.78 Å². The number of benzene rings is 2. The third-order valence-corrected chi connectivity index (χ3v) is 7.40. The molecule has 1 atom stereocenters. The van der Waals surface area contributed by atoms with Crippen molar-refractivity contribution in [3.05, 3.63) is 76.0 Å². The van der Waals surface area contributed by atoms with E-state index in [1.54, 1.807) is 29.3 Å². The number of pyridine rings is 1. The number of rotatable bonds is 6. The first-order valence-electron chi connectivity index (χ1n) is 13.2. The molecule has 4 aromatic rings. The average Bonchev–Trinajstić information content (AvgIpc) is 3.54. The smallest absolute Gasteiger partial charge is 0.407 e. The minimum atomic E-state index is -0.580. The Morgan fingerprint density at radius 3 is 2.61 bits per heavy atom. The van der Waals surface area contributed by atoms with E-state index >= 15 is 0 Å². The van der Waals surface area contributed by atoms with Gasteiger partial charge in [0.1, 0.15) is 17.9 Å². The molecule has 1 saturated heterocycles. The summed E-state index contributed by atoms with van der Waals surface area (Å²) in [6, 6.07) is 14.6. The number of carbonyl (C=O) groups is 2. The van der Waals surface area contributed by atoms with Crippen molar-refractivity contribution in [2.75, 3.05) is 18.8 Å². The monoisotopic (exact) mass is 595 g/mol. The Morgan fingerprint density at radius 2 is 1.88 bits per heavy atom. The number of nitrogens with two attached hydrogens (primary N) is 1. The van der Waals surface area contributed by atoms with Crippen LogP contribution in [0.2, 0.25) is 10.0 Å². The second-order valence-electron chi connectivity index (χ2n) is 11.0. The summed E-state index contributed by atoms with van der Waals surface area (Å²) < 4.78 is 11.3. The van der Waals surface area contributed by atoms with Crippen molar-refractivity contribution in [3.8, 4) is 16.9 Å². The van der Waals surface area contributed by atoms with E-state index in [1.165, 1.54) is 0 Å². The van der Waals surface area contributed by atoms with Crippen molar-refractivity contribution in [1.82, 2.24) is 20.2 Å². The molecular weight excluding hydrogens is 565 g/mol. The maximum Gasteiger partial charge on any atom is 0.407 e. The van der Waals surface area contributed by atoms with Crippen molar-refractivity contribution >= 4 is 51.9 Å². The van der Waals surface area contributed by atoms with Crippen LogP contribution < -0.4 is 15.8 Å². The highest BCUT2D eigenvalue weighted by Crippen LogP contribution is 2.32. The minimum absolute atomic E-state index is 0.126. The zero-order chi connectivity index (χ0) is 29.3. The van der Waals surface area contributed by atoms with Crippen LogP contribution >= 0.6 is 23.2 Å². The van der Waals surface area contributed by atoms with Gasteiger partial charge in [0.05, 0.1) is 6.04 Å². The molecule has 1 aliphatic heterocycles. The third-order valence-electron chi connectivity index (χ3n) is 6.70. The van der Waals surface area contributed by atoms with E-state index in [0.717, 1.165) is 22.0 Å². The standard InChI is InChI=1S/C30H31Cl2N5O4/c1-30(2,3)41-29(39)35-20-9-10-37(15-20)28(38)25-12-18-11-17(7-8-24(18)36-25)19-13-26(27(33)34-14-19)40-16-21-22(31)5-4-6-23(21)32/h4-8,11-14,20,36H,9-10,15-16H2,1-3H3,(H2,33,34)(H,35,39)/t20-/m0/s1. The lowest BCUT2D eigenvalue weighted by Gasteiger charge is -2.22. The molecule has 41 heavy (non-hydrogen) atoms. The van der Waals surface area contributed by atoms with Crippen molar-refractivity contribution < 1.29 is 19.1 Å². The second kappa shape index (κ2) is 11.5. The molecule has 0 radical (unpaired) electrons. The molecule has 9 nitrogen and oxygen atoms in total. The Kier molecular flexibility index (Phi) is 8.02. The van der Waals surface area contributed by atoms with Gasteiger partial charge in [0.15, 0.2) is 11.6 Å². The Balaban J connectivity index is 1.28. The summed E-state index contributed by atoms with van der Waals surface area (Å²) in [4.78, 5) is 34.6. The predicted molar refractivity (Wildman–Crippen MR) is 160 cm³/mol. The van der Waals surface area contributed by atoms with Gasteiger partial charge in [-0.15, -0.1) is 0 Å². The highest BCUT2D eigenvalue weighted by atomic mass is 35.5. The maximum absolute atomic E-state index is 13.2. The fourth-order valence-electron chi connectivity index (χ4n) is 4.68. The van der Waals surface area contributed by atoms with Crippen molar-refractivity contribution in [2.45, 2.75) is 45.4 Å². The van der Waals surface area contributed by atoms with Gasteiger partial charge in [-0.3, -0.25) is 4.79 Å². The van der Waals surface area contributed by atoms with E-state index in [4.69, 9.17) is 38.4 Å². The molecule has 1 aliphatic rings. The highest BCUT2D eigenvalue weighted by molar-refractivity contribution is 6.35. The number of alkyl carbamates (subject to hydrolysis) is 1. The number of nitrogens with one attached hydrogen (secondary N) is 2. The van der Waals surface area contributed by atoms with Gasteiger partial charge >= 0.3 is 6.09 Å². The van der Waals surface area contributed by atoms with Crippen LogP contribution in [-0.4, -0.2) is 51.6 Å². The second-order valence-corrected chi connectivity index (χ2v) is 11.8. The molecule has 5 rings (SSSR count). The largest absolute Gasteiger partial charge is 0.485 e. The number of halogens is 2. The molecule has 4 N–H and O–H groups in total. The van der Waals surface area contributed by atoms with Gasteiger partial charge in [0, 0.05) is 51.4 Å². The van der Waals surface area contributed by atoms with Crippen LogP contribution in [0.4, 0.5) is 10.6 Å². The van der Waals surface area contributed by atoms with Crippen LogP contribution in [0.15, 0.2) is 54.7 Å². The topological polar surface area (TPSA) is 123 Å². The molecule has 3 heterocycles. The fraction of sp³-hybridized carbons (Fsp3) is 0.300. The van der Waals surface area contributed by atoms with Crippen LogP contribution in [0, 0.1) is 0 Å². The number of aromatic nitrogens is 2. The first kappa shape index (κ1) is 28.6. The zero-order valence-electron chi connectivity index (χ0n) is 23.0. The fourth-order valence-corrected chi connectivity index (χ4v) is 5.19. The molecule has 0 unspecified atom stereocenters. The maximum atomic E-state index is 13.2. The normalized spacial score (nSPS) is 15.2.